The van der Waals surface area contributed by atoms with Crippen LogP contribution < -0.4 is 14.2 Å². The molecule has 0 saturated heterocycles. The summed E-state index contributed by atoms with van der Waals surface area (Å²) in [5, 5.41) is 12.5. The van der Waals surface area contributed by atoms with Crippen molar-refractivity contribution in [2.24, 2.45) is 0 Å². The number of amides is 1. The number of nitrogens with one attached hydrogen (secondary N) is 1. The SMILES string of the molecule is COc1ccc(S(=O)(=O)Oc2cccc(/C=C(\C#N)C(=O)Nc3c(C)cccc3Cl)c2)cc1. The molecule has 0 aromatic heterocycles. The molecular formula is C24H19ClN2O5S. The lowest BCUT2D eigenvalue weighted by molar-refractivity contribution is -0.112. The Balaban J connectivity index is 1.82. The van der Waals surface area contributed by atoms with Gasteiger partial charge in [0.25, 0.3) is 5.91 Å². The van der Waals surface area contributed by atoms with Crippen LogP contribution in [0.5, 0.6) is 11.5 Å². The number of hydrogen-bond acceptors (Lipinski definition) is 6. The lowest BCUT2D eigenvalue weighted by Crippen LogP contribution is -2.14. The Kier molecular flexibility index (Phi) is 7.38. The topological polar surface area (TPSA) is 105 Å². The molecule has 1 N–H and O–H groups in total. The van der Waals surface area contributed by atoms with E-state index >= 15 is 0 Å². The molecule has 168 valence electrons. The number of nitriles is 1. The summed E-state index contributed by atoms with van der Waals surface area (Å²) >= 11 is 6.13. The molecule has 1 amide bonds. The van der Waals surface area contributed by atoms with Crippen LogP contribution in [0.15, 0.2) is 77.2 Å². The van der Waals surface area contributed by atoms with Gasteiger partial charge in [-0.05, 0) is 66.6 Å². The lowest BCUT2D eigenvalue weighted by atomic mass is 10.1. The number of para-hydroxylation sites is 1. The van der Waals surface area contributed by atoms with Gasteiger partial charge in [-0.2, -0.15) is 13.7 Å². The summed E-state index contributed by atoms with van der Waals surface area (Å²) in [6.07, 6.45) is 1.33. The molecule has 0 unspecified atom stereocenters. The maximum absolute atomic E-state index is 12.6. The predicted molar refractivity (Wildman–Crippen MR) is 126 cm³/mol. The Labute approximate surface area is 197 Å². The van der Waals surface area contributed by atoms with Crippen LogP contribution in [0.2, 0.25) is 5.02 Å². The molecule has 3 rings (SSSR count). The second-order valence-electron chi connectivity index (χ2n) is 6.84. The molecule has 0 aliphatic carbocycles. The summed E-state index contributed by atoms with van der Waals surface area (Å²) in [5.74, 6) is -0.111. The average Bonchev–Trinajstić information content (AvgIpc) is 2.80. The second kappa shape index (κ2) is 10.2. The highest BCUT2D eigenvalue weighted by atomic mass is 35.5. The summed E-state index contributed by atoms with van der Waals surface area (Å²) in [6.45, 7) is 1.78. The van der Waals surface area contributed by atoms with Crippen molar-refractivity contribution in [3.8, 4) is 17.6 Å². The highest BCUT2D eigenvalue weighted by molar-refractivity contribution is 7.87. The van der Waals surface area contributed by atoms with Crippen molar-refractivity contribution in [1.29, 1.82) is 5.26 Å². The Morgan fingerprint density at radius 3 is 2.39 bits per heavy atom. The number of rotatable bonds is 7. The molecule has 0 aliphatic rings. The first kappa shape index (κ1) is 23.9. The van der Waals surface area contributed by atoms with E-state index in [1.165, 1.54) is 49.6 Å². The van der Waals surface area contributed by atoms with Gasteiger partial charge in [0.1, 0.15) is 28.0 Å². The highest BCUT2D eigenvalue weighted by Gasteiger charge is 2.17. The fourth-order valence-electron chi connectivity index (χ4n) is 2.86. The van der Waals surface area contributed by atoms with Crippen molar-refractivity contribution < 1.29 is 22.1 Å². The van der Waals surface area contributed by atoms with Crippen LogP contribution in [0.25, 0.3) is 6.08 Å². The third-order valence-electron chi connectivity index (χ3n) is 4.55. The summed E-state index contributed by atoms with van der Waals surface area (Å²) in [4.78, 5) is 12.6. The zero-order valence-electron chi connectivity index (χ0n) is 17.7. The van der Waals surface area contributed by atoms with Gasteiger partial charge in [-0.3, -0.25) is 4.79 Å². The van der Waals surface area contributed by atoms with Crippen LogP contribution in [0, 0.1) is 18.3 Å². The molecule has 3 aromatic carbocycles. The first-order valence-corrected chi connectivity index (χ1v) is 11.4. The largest absolute Gasteiger partial charge is 0.497 e. The Morgan fingerprint density at radius 1 is 1.06 bits per heavy atom. The number of carbonyl (C=O) groups is 1. The van der Waals surface area contributed by atoms with E-state index in [9.17, 15) is 18.5 Å². The molecular weight excluding hydrogens is 464 g/mol. The molecule has 0 heterocycles. The van der Waals surface area contributed by atoms with Crippen LogP contribution in [0.1, 0.15) is 11.1 Å². The molecule has 0 spiro atoms. The van der Waals surface area contributed by atoms with E-state index in [2.05, 4.69) is 5.32 Å². The van der Waals surface area contributed by atoms with Gasteiger partial charge in [-0.15, -0.1) is 0 Å². The van der Waals surface area contributed by atoms with Crippen molar-refractivity contribution in [3.63, 3.8) is 0 Å². The van der Waals surface area contributed by atoms with E-state index in [0.717, 1.165) is 5.56 Å². The molecule has 3 aromatic rings. The molecule has 9 heteroatoms. The number of carbonyl (C=O) groups excluding carboxylic acids is 1. The monoisotopic (exact) mass is 482 g/mol. The molecule has 7 nitrogen and oxygen atoms in total. The molecule has 0 fully saturated rings. The van der Waals surface area contributed by atoms with Gasteiger partial charge in [0, 0.05) is 0 Å². The van der Waals surface area contributed by atoms with Gasteiger partial charge in [-0.25, -0.2) is 0 Å². The zero-order valence-corrected chi connectivity index (χ0v) is 19.3. The molecule has 0 saturated carbocycles. The van der Waals surface area contributed by atoms with Crippen LogP contribution in [0.3, 0.4) is 0 Å². The van der Waals surface area contributed by atoms with Crippen molar-refractivity contribution >= 4 is 39.4 Å². The van der Waals surface area contributed by atoms with Crippen LogP contribution >= 0.6 is 11.6 Å². The number of halogens is 1. The first-order valence-electron chi connectivity index (χ1n) is 9.60. The van der Waals surface area contributed by atoms with Gasteiger partial charge in [0.05, 0.1) is 17.8 Å². The lowest BCUT2D eigenvalue weighted by Gasteiger charge is -2.10. The fraction of sp³-hybridized carbons (Fsp3) is 0.0833. The number of methoxy groups -OCH3 is 1. The fourth-order valence-corrected chi connectivity index (χ4v) is 4.05. The highest BCUT2D eigenvalue weighted by Crippen LogP contribution is 2.26. The van der Waals surface area contributed by atoms with Crippen LogP contribution in [-0.2, 0) is 14.9 Å². The molecule has 0 aliphatic heterocycles. The maximum atomic E-state index is 12.6. The predicted octanol–water partition coefficient (Wildman–Crippen LogP) is 4.97. The van der Waals surface area contributed by atoms with E-state index < -0.39 is 16.0 Å². The third kappa shape index (κ3) is 5.92. The summed E-state index contributed by atoms with van der Waals surface area (Å²) < 4.78 is 35.3. The quantitative estimate of drug-likeness (QED) is 0.289. The average molecular weight is 483 g/mol. The second-order valence-corrected chi connectivity index (χ2v) is 8.79. The van der Waals surface area contributed by atoms with Gasteiger partial charge >= 0.3 is 10.1 Å². The first-order chi connectivity index (χ1) is 15.7. The number of hydrogen-bond donors (Lipinski definition) is 1. The number of benzene rings is 3. The number of ether oxygens (including phenoxy) is 1. The van der Waals surface area contributed by atoms with Gasteiger partial charge in [-0.1, -0.05) is 35.9 Å². The third-order valence-corrected chi connectivity index (χ3v) is 6.13. The van der Waals surface area contributed by atoms with Crippen molar-refractivity contribution in [2.45, 2.75) is 11.8 Å². The zero-order chi connectivity index (χ0) is 24.0. The Bertz CT molecular complexity index is 1340. The van der Waals surface area contributed by atoms with Crippen LogP contribution in [0.4, 0.5) is 5.69 Å². The van der Waals surface area contributed by atoms with Crippen molar-refractivity contribution in [3.05, 3.63) is 88.5 Å². The van der Waals surface area contributed by atoms with E-state index in [1.807, 2.05) is 6.07 Å². The van der Waals surface area contributed by atoms with E-state index in [0.29, 0.717) is 22.0 Å². The van der Waals surface area contributed by atoms with E-state index in [4.69, 9.17) is 20.5 Å². The molecule has 0 radical (unpaired) electrons. The van der Waals surface area contributed by atoms with Gasteiger partial charge in [0.15, 0.2) is 0 Å². The minimum Gasteiger partial charge on any atom is -0.497 e. The smallest absolute Gasteiger partial charge is 0.339 e. The normalized spacial score (nSPS) is 11.4. The van der Waals surface area contributed by atoms with Crippen molar-refractivity contribution in [2.75, 3.05) is 12.4 Å². The van der Waals surface area contributed by atoms with E-state index in [1.54, 1.807) is 37.3 Å². The molecule has 0 bridgehead atoms. The summed E-state index contributed by atoms with van der Waals surface area (Å²) in [6, 6.07) is 18.8. The van der Waals surface area contributed by atoms with Gasteiger partial charge in [0.2, 0.25) is 0 Å². The molecule has 0 atom stereocenters. The number of aryl methyl sites for hydroxylation is 1. The number of nitrogens with zero attached hydrogens (tertiary/aromatic N) is 1. The minimum atomic E-state index is -4.09. The van der Waals surface area contributed by atoms with Gasteiger partial charge < -0.3 is 14.2 Å². The summed E-state index contributed by atoms with van der Waals surface area (Å²) in [7, 11) is -2.61. The molecule has 33 heavy (non-hydrogen) atoms. The number of anilines is 1. The minimum absolute atomic E-state index is 0.0271. The maximum Gasteiger partial charge on any atom is 0.339 e. The standard InChI is InChI=1S/C24H19ClN2O5S/c1-16-5-3-8-22(25)23(16)27-24(28)18(15-26)13-17-6-4-7-20(14-17)32-33(29,30)21-11-9-19(31-2)10-12-21/h3-14H,1-2H3,(H,27,28)/b18-13+. The Morgan fingerprint density at radius 2 is 1.76 bits per heavy atom. The summed E-state index contributed by atoms with van der Waals surface area (Å²) in [5.41, 5.74) is 1.37. The van der Waals surface area contributed by atoms with E-state index in [-0.39, 0.29) is 16.2 Å². The van der Waals surface area contributed by atoms with Crippen LogP contribution in [-0.4, -0.2) is 21.4 Å². The van der Waals surface area contributed by atoms with Crippen molar-refractivity contribution in [1.82, 2.24) is 0 Å². The Hall–Kier alpha value is -3.80.